The summed E-state index contributed by atoms with van der Waals surface area (Å²) in [7, 11) is 0. The van der Waals surface area contributed by atoms with E-state index >= 15 is 0 Å². The maximum Gasteiger partial charge on any atom is 0.322 e. The standard InChI is InChI=1S/C26H43NO5/c1-15(4-7-23(30)27-14-24(31)32)18-5-6-19-17-13-22(29)21-12-16(28)8-10-26(21,3)20(17)9-11-25(18,19)2/h15-22,28-29H,4-14H2,1-3H3,(H,27,30)(H,31,32)/t15?,16-,17+,18?,19+,20+,21?,22+,25?,26?/m1/s1. The first-order valence-electron chi connectivity index (χ1n) is 12.9. The molecule has 32 heavy (non-hydrogen) atoms. The molecule has 4 fully saturated rings. The second-order valence-corrected chi connectivity index (χ2v) is 12.1. The van der Waals surface area contributed by atoms with Crippen LogP contribution in [0, 0.1) is 46.3 Å². The Morgan fingerprint density at radius 2 is 1.66 bits per heavy atom. The Bertz CT molecular complexity index is 727. The van der Waals surface area contributed by atoms with Crippen LogP contribution in [0.3, 0.4) is 0 Å². The fourth-order valence-electron chi connectivity index (χ4n) is 9.08. The summed E-state index contributed by atoms with van der Waals surface area (Å²) in [5.41, 5.74) is 0.407. The van der Waals surface area contributed by atoms with Crippen LogP contribution in [0.25, 0.3) is 0 Å². The third kappa shape index (κ3) is 4.11. The fourth-order valence-corrected chi connectivity index (χ4v) is 9.08. The molecule has 1 amide bonds. The number of rotatable bonds is 6. The van der Waals surface area contributed by atoms with E-state index in [2.05, 4.69) is 26.1 Å². The third-order valence-electron chi connectivity index (χ3n) is 10.7. The third-order valence-corrected chi connectivity index (χ3v) is 10.7. The van der Waals surface area contributed by atoms with Crippen LogP contribution in [-0.4, -0.2) is 45.9 Å². The van der Waals surface area contributed by atoms with Gasteiger partial charge in [-0.25, -0.2) is 0 Å². The maximum absolute atomic E-state index is 12.0. The lowest BCUT2D eigenvalue weighted by Crippen LogP contribution is -2.58. The average molecular weight is 450 g/mol. The number of aliphatic hydroxyl groups excluding tert-OH is 2. The number of hydrogen-bond donors (Lipinski definition) is 4. The van der Waals surface area contributed by atoms with Gasteiger partial charge in [-0.3, -0.25) is 9.59 Å². The molecule has 6 nitrogen and oxygen atoms in total. The van der Waals surface area contributed by atoms with Crippen molar-refractivity contribution in [3.63, 3.8) is 0 Å². The summed E-state index contributed by atoms with van der Waals surface area (Å²) in [5.74, 6) is 1.92. The molecular weight excluding hydrogens is 406 g/mol. The molecule has 5 unspecified atom stereocenters. The smallest absolute Gasteiger partial charge is 0.322 e. The molecule has 0 heterocycles. The lowest BCUT2D eigenvalue weighted by atomic mass is 9.44. The average Bonchev–Trinajstić information content (AvgIpc) is 3.09. The number of hydrogen-bond acceptors (Lipinski definition) is 4. The number of aliphatic carboxylic acids is 1. The molecule has 0 aromatic carbocycles. The minimum absolute atomic E-state index is 0.148. The minimum Gasteiger partial charge on any atom is -0.480 e. The van der Waals surface area contributed by atoms with Gasteiger partial charge >= 0.3 is 5.97 Å². The van der Waals surface area contributed by atoms with Crippen LogP contribution >= 0.6 is 0 Å². The first-order chi connectivity index (χ1) is 15.1. The van der Waals surface area contributed by atoms with Crippen LogP contribution < -0.4 is 5.32 Å². The summed E-state index contributed by atoms with van der Waals surface area (Å²) in [6, 6.07) is 0. The molecule has 4 aliphatic carbocycles. The summed E-state index contributed by atoms with van der Waals surface area (Å²) in [5, 5.41) is 32.6. The molecule has 10 atom stereocenters. The zero-order valence-electron chi connectivity index (χ0n) is 20.1. The van der Waals surface area contributed by atoms with Gasteiger partial charge in [0.15, 0.2) is 0 Å². The molecule has 0 aromatic heterocycles. The molecule has 0 aliphatic heterocycles. The van der Waals surface area contributed by atoms with Crippen molar-refractivity contribution in [1.82, 2.24) is 5.32 Å². The molecule has 182 valence electrons. The van der Waals surface area contributed by atoms with Crippen molar-refractivity contribution < 1.29 is 24.9 Å². The zero-order chi connectivity index (χ0) is 23.3. The van der Waals surface area contributed by atoms with E-state index in [1.54, 1.807) is 0 Å². The van der Waals surface area contributed by atoms with Crippen molar-refractivity contribution in [3.05, 3.63) is 0 Å². The van der Waals surface area contributed by atoms with Crippen molar-refractivity contribution in [2.45, 2.75) is 97.2 Å². The fraction of sp³-hybridized carbons (Fsp3) is 0.923. The van der Waals surface area contributed by atoms with E-state index in [-0.39, 0.29) is 41.4 Å². The van der Waals surface area contributed by atoms with Crippen LogP contribution in [0.2, 0.25) is 0 Å². The van der Waals surface area contributed by atoms with E-state index in [0.29, 0.717) is 36.0 Å². The lowest BCUT2D eigenvalue weighted by molar-refractivity contribution is -0.172. The van der Waals surface area contributed by atoms with Gasteiger partial charge in [0.1, 0.15) is 6.54 Å². The lowest BCUT2D eigenvalue weighted by Gasteiger charge is -2.62. The summed E-state index contributed by atoms with van der Waals surface area (Å²) in [6.07, 6.45) is 9.03. The maximum atomic E-state index is 12.0. The van der Waals surface area contributed by atoms with Crippen LogP contribution in [0.1, 0.15) is 85.0 Å². The van der Waals surface area contributed by atoms with Crippen molar-refractivity contribution in [1.29, 1.82) is 0 Å². The van der Waals surface area contributed by atoms with E-state index in [1.165, 1.54) is 25.7 Å². The molecular formula is C26H43NO5. The number of carboxylic acid groups (broad SMARTS) is 1. The van der Waals surface area contributed by atoms with E-state index in [1.807, 2.05) is 0 Å². The van der Waals surface area contributed by atoms with Gasteiger partial charge in [-0.05, 0) is 104 Å². The Balaban J connectivity index is 1.43. The second-order valence-electron chi connectivity index (χ2n) is 12.1. The highest BCUT2D eigenvalue weighted by Crippen LogP contribution is 2.68. The Hall–Kier alpha value is -1.14. The van der Waals surface area contributed by atoms with Gasteiger partial charge in [0.05, 0.1) is 12.2 Å². The topological polar surface area (TPSA) is 107 Å². The van der Waals surface area contributed by atoms with Crippen LogP contribution in [0.4, 0.5) is 0 Å². The Labute approximate surface area is 192 Å². The van der Waals surface area contributed by atoms with Gasteiger partial charge in [0.2, 0.25) is 5.91 Å². The molecule has 6 heteroatoms. The van der Waals surface area contributed by atoms with Crippen molar-refractivity contribution in [2.24, 2.45) is 46.3 Å². The summed E-state index contributed by atoms with van der Waals surface area (Å²) in [6.45, 7) is 6.83. The molecule has 4 N–H and O–H groups in total. The zero-order valence-corrected chi connectivity index (χ0v) is 20.1. The van der Waals surface area contributed by atoms with Gasteiger partial charge in [-0.1, -0.05) is 20.8 Å². The number of carboxylic acids is 1. The largest absolute Gasteiger partial charge is 0.480 e. The highest BCUT2D eigenvalue weighted by atomic mass is 16.4. The first-order valence-corrected chi connectivity index (χ1v) is 12.9. The van der Waals surface area contributed by atoms with E-state index in [0.717, 1.165) is 32.1 Å². The highest BCUT2D eigenvalue weighted by Gasteiger charge is 2.62. The van der Waals surface area contributed by atoms with E-state index in [9.17, 15) is 19.8 Å². The van der Waals surface area contributed by atoms with E-state index in [4.69, 9.17) is 5.11 Å². The number of nitrogens with one attached hydrogen (secondary N) is 1. The van der Waals surface area contributed by atoms with Crippen molar-refractivity contribution in [2.75, 3.05) is 6.54 Å². The number of carbonyl (C=O) groups excluding carboxylic acids is 1. The summed E-state index contributed by atoms with van der Waals surface area (Å²) >= 11 is 0. The second kappa shape index (κ2) is 8.90. The van der Waals surface area contributed by atoms with Crippen LogP contribution in [-0.2, 0) is 9.59 Å². The summed E-state index contributed by atoms with van der Waals surface area (Å²) in [4.78, 5) is 22.7. The monoisotopic (exact) mass is 449 g/mol. The molecule has 0 saturated heterocycles. The number of aliphatic hydroxyl groups is 2. The SMILES string of the molecule is CC(CCC(=O)NCC(=O)O)C1CC[C@H]2[C@@H]3C[C@H](O)C4C[C@H](O)CCC4(C)[C@H]3CCC12C. The minimum atomic E-state index is -1.01. The Morgan fingerprint density at radius 1 is 0.969 bits per heavy atom. The molecule has 0 radical (unpaired) electrons. The molecule has 4 rings (SSSR count). The Morgan fingerprint density at radius 3 is 2.38 bits per heavy atom. The molecule has 0 bridgehead atoms. The molecule has 4 aliphatic rings. The normalized spacial score (nSPS) is 46.5. The summed E-state index contributed by atoms with van der Waals surface area (Å²) < 4.78 is 0. The molecule has 0 aromatic rings. The van der Waals surface area contributed by atoms with Gasteiger partial charge in [0, 0.05) is 6.42 Å². The van der Waals surface area contributed by atoms with Crippen LogP contribution in [0.5, 0.6) is 0 Å². The van der Waals surface area contributed by atoms with Crippen molar-refractivity contribution in [3.8, 4) is 0 Å². The molecule has 0 spiro atoms. The highest BCUT2D eigenvalue weighted by molar-refractivity contribution is 5.81. The first kappa shape index (κ1) is 24.0. The predicted molar refractivity (Wildman–Crippen MR) is 122 cm³/mol. The quantitative estimate of drug-likeness (QED) is 0.496. The number of amides is 1. The van der Waals surface area contributed by atoms with E-state index < -0.39 is 5.97 Å². The predicted octanol–water partition coefficient (Wildman–Crippen LogP) is 3.59. The Kier molecular flexibility index (Phi) is 6.68. The number of carbonyl (C=O) groups is 2. The van der Waals surface area contributed by atoms with Gasteiger partial charge < -0.3 is 20.6 Å². The number of fused-ring (bicyclic) bond motifs is 5. The van der Waals surface area contributed by atoms with Crippen LogP contribution in [0.15, 0.2) is 0 Å². The van der Waals surface area contributed by atoms with Gasteiger partial charge in [0.25, 0.3) is 0 Å². The van der Waals surface area contributed by atoms with Gasteiger partial charge in [-0.15, -0.1) is 0 Å². The molecule has 4 saturated carbocycles. The van der Waals surface area contributed by atoms with Crippen molar-refractivity contribution >= 4 is 11.9 Å². The van der Waals surface area contributed by atoms with Gasteiger partial charge in [-0.2, -0.15) is 0 Å².